The Morgan fingerprint density at radius 3 is 2.82 bits per heavy atom. The van der Waals surface area contributed by atoms with Gasteiger partial charge in [0.25, 0.3) is 5.91 Å². The molecule has 0 spiro atoms. The first kappa shape index (κ1) is 14.7. The van der Waals surface area contributed by atoms with Gasteiger partial charge in [0.05, 0.1) is 23.6 Å². The van der Waals surface area contributed by atoms with E-state index in [1.165, 1.54) is 0 Å². The molecule has 1 aromatic heterocycles. The zero-order valence-electron chi connectivity index (χ0n) is 13.0. The van der Waals surface area contributed by atoms with Gasteiger partial charge in [-0.2, -0.15) is 0 Å². The molecule has 0 aliphatic carbocycles. The predicted octanol–water partition coefficient (Wildman–Crippen LogP) is 1.43. The molecular formula is C16H21N5O. The van der Waals surface area contributed by atoms with E-state index < -0.39 is 0 Å². The molecule has 1 atom stereocenters. The summed E-state index contributed by atoms with van der Waals surface area (Å²) in [6, 6.07) is 7.77. The van der Waals surface area contributed by atoms with E-state index in [0.29, 0.717) is 5.56 Å². The predicted molar refractivity (Wildman–Crippen MR) is 84.0 cm³/mol. The van der Waals surface area contributed by atoms with Crippen LogP contribution in [0.25, 0.3) is 5.69 Å². The molecule has 1 unspecified atom stereocenters. The Balaban J connectivity index is 1.87. The van der Waals surface area contributed by atoms with Crippen molar-refractivity contribution in [2.24, 2.45) is 0 Å². The minimum atomic E-state index is 0.0642. The molecule has 6 nitrogen and oxygen atoms in total. The monoisotopic (exact) mass is 299 g/mol. The fourth-order valence-corrected chi connectivity index (χ4v) is 2.97. The Morgan fingerprint density at radius 1 is 1.32 bits per heavy atom. The van der Waals surface area contributed by atoms with Gasteiger partial charge in [0, 0.05) is 25.7 Å². The van der Waals surface area contributed by atoms with Gasteiger partial charge in [-0.25, -0.2) is 4.68 Å². The maximum Gasteiger partial charge on any atom is 0.256 e. The highest BCUT2D eigenvalue weighted by atomic mass is 16.2. The number of carbonyl (C=O) groups excluding carboxylic acids is 1. The van der Waals surface area contributed by atoms with Crippen molar-refractivity contribution in [3.05, 3.63) is 42.2 Å². The molecule has 0 N–H and O–H groups in total. The van der Waals surface area contributed by atoms with E-state index in [1.807, 2.05) is 29.2 Å². The zero-order chi connectivity index (χ0) is 15.5. The molecule has 2 aromatic rings. The Kier molecular flexibility index (Phi) is 4.20. The third kappa shape index (κ3) is 2.74. The first-order valence-corrected chi connectivity index (χ1v) is 7.69. The quantitative estimate of drug-likeness (QED) is 0.860. The third-order valence-corrected chi connectivity index (χ3v) is 4.22. The molecule has 2 heterocycles. The van der Waals surface area contributed by atoms with E-state index in [0.717, 1.165) is 31.9 Å². The SMILES string of the molecule is CCN1CCN(C(=O)c2ccccc2-n2ccnn2)C(C)C1. The number of likely N-dealkylation sites (N-methyl/N-ethyl adjacent to an activating group) is 1. The molecule has 1 aliphatic heterocycles. The van der Waals surface area contributed by atoms with Crippen LogP contribution in [0.2, 0.25) is 0 Å². The first-order valence-electron chi connectivity index (χ1n) is 7.69. The highest BCUT2D eigenvalue weighted by Gasteiger charge is 2.28. The lowest BCUT2D eigenvalue weighted by molar-refractivity contribution is 0.0499. The molecule has 0 bridgehead atoms. The van der Waals surface area contributed by atoms with Gasteiger partial charge in [-0.05, 0) is 25.6 Å². The van der Waals surface area contributed by atoms with Gasteiger partial charge in [-0.1, -0.05) is 24.3 Å². The summed E-state index contributed by atoms with van der Waals surface area (Å²) in [6.45, 7) is 7.91. The largest absolute Gasteiger partial charge is 0.333 e. The molecular weight excluding hydrogens is 278 g/mol. The van der Waals surface area contributed by atoms with Gasteiger partial charge in [0.1, 0.15) is 0 Å². The van der Waals surface area contributed by atoms with E-state index in [4.69, 9.17) is 0 Å². The molecule has 1 saturated heterocycles. The number of carbonyl (C=O) groups is 1. The topological polar surface area (TPSA) is 54.3 Å². The molecule has 1 aliphatic rings. The van der Waals surface area contributed by atoms with Crippen molar-refractivity contribution in [1.29, 1.82) is 0 Å². The molecule has 116 valence electrons. The number of aromatic nitrogens is 3. The summed E-state index contributed by atoms with van der Waals surface area (Å²) in [6.07, 6.45) is 3.37. The van der Waals surface area contributed by atoms with E-state index >= 15 is 0 Å². The van der Waals surface area contributed by atoms with E-state index in [2.05, 4.69) is 29.1 Å². The van der Waals surface area contributed by atoms with Crippen LogP contribution in [0.1, 0.15) is 24.2 Å². The molecule has 1 fully saturated rings. The summed E-state index contributed by atoms with van der Waals surface area (Å²) >= 11 is 0. The normalized spacial score (nSPS) is 19.4. The van der Waals surface area contributed by atoms with Gasteiger partial charge < -0.3 is 4.90 Å². The molecule has 3 rings (SSSR count). The Labute approximate surface area is 130 Å². The lowest BCUT2D eigenvalue weighted by atomic mass is 10.1. The number of para-hydroxylation sites is 1. The Morgan fingerprint density at radius 2 is 2.14 bits per heavy atom. The smallest absolute Gasteiger partial charge is 0.256 e. The Bertz CT molecular complexity index is 640. The van der Waals surface area contributed by atoms with Crippen LogP contribution in [0, 0.1) is 0 Å². The lowest BCUT2D eigenvalue weighted by Crippen LogP contribution is -2.53. The molecule has 22 heavy (non-hydrogen) atoms. The number of hydrogen-bond acceptors (Lipinski definition) is 4. The van der Waals surface area contributed by atoms with E-state index in [1.54, 1.807) is 17.1 Å². The Hall–Kier alpha value is -2.21. The summed E-state index contributed by atoms with van der Waals surface area (Å²) in [5.74, 6) is 0.0642. The van der Waals surface area contributed by atoms with Crippen LogP contribution in [0.5, 0.6) is 0 Å². The average molecular weight is 299 g/mol. The minimum absolute atomic E-state index is 0.0642. The number of rotatable bonds is 3. The van der Waals surface area contributed by atoms with E-state index in [9.17, 15) is 4.79 Å². The third-order valence-electron chi connectivity index (χ3n) is 4.22. The van der Waals surface area contributed by atoms with Crippen LogP contribution in [-0.4, -0.2) is 62.9 Å². The van der Waals surface area contributed by atoms with Crippen molar-refractivity contribution in [3.8, 4) is 5.69 Å². The van der Waals surface area contributed by atoms with Crippen molar-refractivity contribution in [2.45, 2.75) is 19.9 Å². The van der Waals surface area contributed by atoms with Crippen molar-refractivity contribution >= 4 is 5.91 Å². The number of hydrogen-bond donors (Lipinski definition) is 0. The number of benzene rings is 1. The zero-order valence-corrected chi connectivity index (χ0v) is 13.0. The highest BCUT2D eigenvalue weighted by molar-refractivity contribution is 5.98. The second kappa shape index (κ2) is 6.27. The van der Waals surface area contributed by atoms with Gasteiger partial charge in [-0.15, -0.1) is 5.10 Å². The van der Waals surface area contributed by atoms with Crippen LogP contribution in [0.15, 0.2) is 36.7 Å². The van der Waals surface area contributed by atoms with Crippen LogP contribution < -0.4 is 0 Å². The van der Waals surface area contributed by atoms with Gasteiger partial charge in [-0.3, -0.25) is 9.69 Å². The van der Waals surface area contributed by atoms with Gasteiger partial charge in [0.2, 0.25) is 0 Å². The second-order valence-electron chi connectivity index (χ2n) is 5.61. The van der Waals surface area contributed by atoms with E-state index in [-0.39, 0.29) is 11.9 Å². The van der Waals surface area contributed by atoms with Crippen molar-refractivity contribution < 1.29 is 4.79 Å². The number of amides is 1. The molecule has 0 radical (unpaired) electrons. The maximum absolute atomic E-state index is 13.0. The van der Waals surface area contributed by atoms with Crippen LogP contribution in [0.3, 0.4) is 0 Å². The lowest BCUT2D eigenvalue weighted by Gasteiger charge is -2.39. The van der Waals surface area contributed by atoms with Crippen LogP contribution in [-0.2, 0) is 0 Å². The van der Waals surface area contributed by atoms with Gasteiger partial charge >= 0.3 is 0 Å². The molecule has 1 aromatic carbocycles. The van der Waals surface area contributed by atoms with Crippen molar-refractivity contribution in [3.63, 3.8) is 0 Å². The maximum atomic E-state index is 13.0. The molecule has 6 heteroatoms. The van der Waals surface area contributed by atoms with Crippen molar-refractivity contribution in [1.82, 2.24) is 24.8 Å². The first-order chi connectivity index (χ1) is 10.7. The summed E-state index contributed by atoms with van der Waals surface area (Å²) in [4.78, 5) is 17.3. The average Bonchev–Trinajstić information content (AvgIpc) is 3.08. The number of nitrogens with zero attached hydrogens (tertiary/aromatic N) is 5. The summed E-state index contributed by atoms with van der Waals surface area (Å²) in [7, 11) is 0. The summed E-state index contributed by atoms with van der Waals surface area (Å²) in [5, 5.41) is 7.84. The summed E-state index contributed by atoms with van der Waals surface area (Å²) in [5.41, 5.74) is 1.44. The fraction of sp³-hybridized carbons (Fsp3) is 0.438. The minimum Gasteiger partial charge on any atom is -0.333 e. The summed E-state index contributed by atoms with van der Waals surface area (Å²) < 4.78 is 1.64. The molecule has 1 amide bonds. The highest BCUT2D eigenvalue weighted by Crippen LogP contribution is 2.19. The van der Waals surface area contributed by atoms with Crippen LogP contribution >= 0.6 is 0 Å². The van der Waals surface area contributed by atoms with Crippen molar-refractivity contribution in [2.75, 3.05) is 26.2 Å². The van der Waals surface area contributed by atoms with Crippen LogP contribution in [0.4, 0.5) is 0 Å². The fourth-order valence-electron chi connectivity index (χ4n) is 2.97. The number of piperazine rings is 1. The second-order valence-corrected chi connectivity index (χ2v) is 5.61. The van der Waals surface area contributed by atoms with Gasteiger partial charge in [0.15, 0.2) is 0 Å². The standard InChI is InChI=1S/C16H21N5O/c1-3-19-10-11-20(13(2)12-19)16(22)14-6-4-5-7-15(14)21-9-8-17-18-21/h4-9,13H,3,10-12H2,1-2H3. The molecule has 0 saturated carbocycles.